The Morgan fingerprint density at radius 3 is 2.05 bits per heavy atom. The van der Waals surface area contributed by atoms with Gasteiger partial charge in [0.05, 0.1) is 10.6 Å². The molecule has 0 aliphatic heterocycles. The molecule has 118 valence electrons. The fourth-order valence-corrected chi connectivity index (χ4v) is 4.93. The van der Waals surface area contributed by atoms with Crippen LogP contribution in [-0.4, -0.2) is 22.6 Å². The van der Waals surface area contributed by atoms with Crippen LogP contribution in [0.4, 0.5) is 0 Å². The Balaban J connectivity index is 2.09. The molecular weight excluding hydrogens is 322 g/mol. The Morgan fingerprint density at radius 1 is 0.864 bits per heavy atom. The van der Waals surface area contributed by atoms with Gasteiger partial charge in [0.25, 0.3) is 10.0 Å². The molecule has 0 saturated heterocycles. The third-order valence-corrected chi connectivity index (χ3v) is 6.60. The Kier molecular flexibility index (Phi) is 5.00. The summed E-state index contributed by atoms with van der Waals surface area (Å²) in [5, 5.41) is 0. The molecule has 0 radical (unpaired) electrons. The molecule has 0 aliphatic rings. The van der Waals surface area contributed by atoms with Gasteiger partial charge in [-0.25, -0.2) is 16.8 Å². The molecule has 2 rings (SSSR count). The predicted octanol–water partition coefficient (Wildman–Crippen LogP) is 1.85. The molecule has 0 spiro atoms. The molecule has 2 aromatic rings. The minimum absolute atomic E-state index is 0.0682. The fraction of sp³-hybridized carbons (Fsp3) is 0.200. The maximum absolute atomic E-state index is 12.1. The Bertz CT molecular complexity index is 827. The minimum atomic E-state index is -4.08. The maximum atomic E-state index is 12.1. The van der Waals surface area contributed by atoms with E-state index in [-0.39, 0.29) is 17.1 Å². The first kappa shape index (κ1) is 16.7. The highest BCUT2D eigenvalue weighted by Crippen LogP contribution is 2.11. The van der Waals surface area contributed by atoms with Crippen LogP contribution in [0.15, 0.2) is 59.5 Å². The average Bonchev–Trinajstić information content (AvgIpc) is 2.46. The van der Waals surface area contributed by atoms with Gasteiger partial charge in [0.2, 0.25) is 10.0 Å². The van der Waals surface area contributed by atoms with Crippen LogP contribution in [0.5, 0.6) is 0 Å². The van der Waals surface area contributed by atoms with Crippen LogP contribution in [0.2, 0.25) is 0 Å². The minimum Gasteiger partial charge on any atom is -0.211 e. The number of sulfonamides is 2. The van der Waals surface area contributed by atoms with Crippen molar-refractivity contribution in [3.05, 3.63) is 65.7 Å². The van der Waals surface area contributed by atoms with Gasteiger partial charge in [-0.05, 0) is 31.0 Å². The molecule has 0 atom stereocenters. The van der Waals surface area contributed by atoms with E-state index in [1.165, 1.54) is 12.1 Å². The van der Waals surface area contributed by atoms with E-state index in [4.69, 9.17) is 0 Å². The number of nitrogens with one attached hydrogen (secondary N) is 1. The van der Waals surface area contributed by atoms with E-state index in [9.17, 15) is 16.8 Å². The molecule has 0 saturated carbocycles. The Hall–Kier alpha value is -1.70. The van der Waals surface area contributed by atoms with Gasteiger partial charge in [-0.3, -0.25) is 0 Å². The van der Waals surface area contributed by atoms with E-state index < -0.39 is 20.0 Å². The van der Waals surface area contributed by atoms with E-state index in [0.29, 0.717) is 0 Å². The molecule has 0 fully saturated rings. The summed E-state index contributed by atoms with van der Waals surface area (Å²) in [5.41, 5.74) is 1.73. The summed E-state index contributed by atoms with van der Waals surface area (Å²) in [4.78, 5) is -0.0682. The highest BCUT2D eigenvalue weighted by molar-refractivity contribution is 8.04. The zero-order valence-electron chi connectivity index (χ0n) is 12.1. The van der Waals surface area contributed by atoms with Crippen molar-refractivity contribution in [3.63, 3.8) is 0 Å². The van der Waals surface area contributed by atoms with Crippen molar-refractivity contribution >= 4 is 20.0 Å². The first-order valence-corrected chi connectivity index (χ1v) is 9.79. The van der Waals surface area contributed by atoms with Crippen molar-refractivity contribution in [1.29, 1.82) is 0 Å². The van der Waals surface area contributed by atoms with Gasteiger partial charge < -0.3 is 0 Å². The fourth-order valence-electron chi connectivity index (χ4n) is 1.87. The van der Waals surface area contributed by atoms with Crippen molar-refractivity contribution in [3.8, 4) is 0 Å². The molecule has 0 bridgehead atoms. The van der Waals surface area contributed by atoms with Crippen LogP contribution < -0.4 is 4.13 Å². The second kappa shape index (κ2) is 6.60. The lowest BCUT2D eigenvalue weighted by Gasteiger charge is -2.08. The first-order valence-electron chi connectivity index (χ1n) is 6.65. The van der Waals surface area contributed by atoms with Crippen molar-refractivity contribution in [1.82, 2.24) is 4.13 Å². The predicted molar refractivity (Wildman–Crippen MR) is 85.4 cm³/mol. The second-order valence-corrected chi connectivity index (χ2v) is 8.74. The molecule has 7 heteroatoms. The van der Waals surface area contributed by atoms with Crippen molar-refractivity contribution in [2.75, 3.05) is 5.75 Å². The number of aryl methyl sites for hydroxylation is 2. The van der Waals surface area contributed by atoms with E-state index in [1.807, 2.05) is 13.0 Å². The SMILES string of the molecule is Cc1ccc(S(=O)(=O)NS(=O)(=O)CCc2ccccc2)cc1. The topological polar surface area (TPSA) is 80.3 Å². The van der Waals surface area contributed by atoms with Crippen molar-refractivity contribution < 1.29 is 16.8 Å². The summed E-state index contributed by atoms with van der Waals surface area (Å²) >= 11 is 0. The van der Waals surface area contributed by atoms with Crippen LogP contribution in [0, 0.1) is 6.92 Å². The number of rotatable bonds is 6. The smallest absolute Gasteiger partial charge is 0.211 e. The number of hydrogen-bond acceptors (Lipinski definition) is 4. The zero-order valence-corrected chi connectivity index (χ0v) is 13.7. The molecule has 0 aromatic heterocycles. The molecule has 5 nitrogen and oxygen atoms in total. The lowest BCUT2D eigenvalue weighted by atomic mass is 10.2. The van der Waals surface area contributed by atoms with Crippen molar-refractivity contribution in [2.45, 2.75) is 18.2 Å². The molecular formula is C15H17NO4S2. The number of hydrogen-bond donors (Lipinski definition) is 1. The van der Waals surface area contributed by atoms with Crippen LogP contribution >= 0.6 is 0 Å². The zero-order chi connectivity index (χ0) is 16.2. The lowest BCUT2D eigenvalue weighted by molar-refractivity contribution is 0.576. The molecule has 1 N–H and O–H groups in total. The van der Waals surface area contributed by atoms with E-state index in [0.717, 1.165) is 11.1 Å². The van der Waals surface area contributed by atoms with Crippen LogP contribution in [0.25, 0.3) is 0 Å². The molecule has 2 aromatic carbocycles. The van der Waals surface area contributed by atoms with Gasteiger partial charge in [-0.2, -0.15) is 0 Å². The quantitative estimate of drug-likeness (QED) is 0.871. The summed E-state index contributed by atoms with van der Waals surface area (Å²) in [7, 11) is -8.01. The molecule has 22 heavy (non-hydrogen) atoms. The highest BCUT2D eigenvalue weighted by Gasteiger charge is 2.22. The maximum Gasteiger partial charge on any atom is 0.253 e. The summed E-state index contributed by atoms with van der Waals surface area (Å²) in [6, 6.07) is 15.0. The van der Waals surface area contributed by atoms with Gasteiger partial charge in [0.15, 0.2) is 0 Å². The summed E-state index contributed by atoms with van der Waals surface area (Å²) in [6.07, 6.45) is 0.250. The summed E-state index contributed by atoms with van der Waals surface area (Å²) in [6.45, 7) is 1.82. The molecule has 0 heterocycles. The number of benzene rings is 2. The van der Waals surface area contributed by atoms with E-state index in [1.54, 1.807) is 40.5 Å². The van der Waals surface area contributed by atoms with Gasteiger partial charge in [0.1, 0.15) is 0 Å². The highest BCUT2D eigenvalue weighted by atomic mass is 32.3. The molecule has 0 amide bonds. The van der Waals surface area contributed by atoms with Gasteiger partial charge in [-0.15, -0.1) is 4.13 Å². The molecule has 0 aliphatic carbocycles. The summed E-state index contributed by atoms with van der Waals surface area (Å²) < 4.78 is 49.9. The molecule has 0 unspecified atom stereocenters. The monoisotopic (exact) mass is 339 g/mol. The second-order valence-electron chi connectivity index (χ2n) is 4.95. The summed E-state index contributed by atoms with van der Waals surface area (Å²) in [5.74, 6) is -0.290. The van der Waals surface area contributed by atoms with Gasteiger partial charge in [-0.1, -0.05) is 48.0 Å². The van der Waals surface area contributed by atoms with Crippen LogP contribution in [0.1, 0.15) is 11.1 Å². The van der Waals surface area contributed by atoms with E-state index >= 15 is 0 Å². The van der Waals surface area contributed by atoms with E-state index in [2.05, 4.69) is 0 Å². The Labute approximate surface area is 131 Å². The van der Waals surface area contributed by atoms with Crippen LogP contribution in [-0.2, 0) is 26.5 Å². The average molecular weight is 339 g/mol. The van der Waals surface area contributed by atoms with Crippen LogP contribution in [0.3, 0.4) is 0 Å². The van der Waals surface area contributed by atoms with Crippen molar-refractivity contribution in [2.24, 2.45) is 0 Å². The third-order valence-electron chi connectivity index (χ3n) is 3.07. The van der Waals surface area contributed by atoms with Gasteiger partial charge >= 0.3 is 0 Å². The van der Waals surface area contributed by atoms with Gasteiger partial charge in [0, 0.05) is 0 Å². The standard InChI is InChI=1S/C15H17NO4S2/c1-13-7-9-15(10-8-13)22(19,20)16-21(17,18)12-11-14-5-3-2-4-6-14/h2-10,16H,11-12H2,1H3. The lowest BCUT2D eigenvalue weighted by Crippen LogP contribution is -2.33. The normalized spacial score (nSPS) is 12.2. The Morgan fingerprint density at radius 2 is 1.45 bits per heavy atom. The first-order chi connectivity index (χ1) is 10.3. The third kappa shape index (κ3) is 4.66. The largest absolute Gasteiger partial charge is 0.253 e.